The van der Waals surface area contributed by atoms with E-state index in [1.807, 2.05) is 48.2 Å². The van der Waals surface area contributed by atoms with E-state index in [0.717, 1.165) is 24.2 Å². The molecule has 0 saturated heterocycles. The molecule has 1 amide bonds. The van der Waals surface area contributed by atoms with E-state index in [2.05, 4.69) is 40.4 Å². The van der Waals surface area contributed by atoms with Crippen molar-refractivity contribution in [3.63, 3.8) is 0 Å². The first kappa shape index (κ1) is 18.2. The zero-order valence-electron chi connectivity index (χ0n) is 16.2. The van der Waals surface area contributed by atoms with Crippen LogP contribution in [0.4, 0.5) is 11.6 Å². The molecule has 1 N–H and O–H groups in total. The summed E-state index contributed by atoms with van der Waals surface area (Å²) in [5, 5.41) is 3.26. The molecule has 1 aliphatic heterocycles. The Bertz CT molecular complexity index is 987. The minimum Gasteiger partial charge on any atom is -0.354 e. The second-order valence-electron chi connectivity index (χ2n) is 7.24. The molecular formula is C23H24N4O. The highest BCUT2D eigenvalue weighted by atomic mass is 16.2. The molecule has 0 bridgehead atoms. The van der Waals surface area contributed by atoms with Crippen molar-refractivity contribution >= 4 is 17.5 Å². The quantitative estimate of drug-likeness (QED) is 0.735. The third kappa shape index (κ3) is 3.74. The van der Waals surface area contributed by atoms with Gasteiger partial charge in [-0.15, -0.1) is 0 Å². The Balaban J connectivity index is 1.51. The molecule has 1 aliphatic rings. The summed E-state index contributed by atoms with van der Waals surface area (Å²) in [6.07, 6.45) is 1.74. The van der Waals surface area contributed by atoms with Crippen LogP contribution in [0.2, 0.25) is 0 Å². The van der Waals surface area contributed by atoms with E-state index in [4.69, 9.17) is 0 Å². The molecule has 28 heavy (non-hydrogen) atoms. The fourth-order valence-corrected chi connectivity index (χ4v) is 3.72. The predicted octanol–water partition coefficient (Wildman–Crippen LogP) is 4.03. The van der Waals surface area contributed by atoms with Crippen LogP contribution in [0.5, 0.6) is 0 Å². The number of hydrogen-bond acceptors (Lipinski definition) is 4. The molecule has 2 heterocycles. The molecule has 1 atom stereocenters. The zero-order valence-corrected chi connectivity index (χ0v) is 16.2. The van der Waals surface area contributed by atoms with Crippen LogP contribution in [0.3, 0.4) is 0 Å². The van der Waals surface area contributed by atoms with E-state index in [0.29, 0.717) is 18.2 Å². The highest BCUT2D eigenvalue weighted by Gasteiger charge is 2.32. The Hall–Kier alpha value is -3.21. The fourth-order valence-electron chi connectivity index (χ4n) is 3.72. The van der Waals surface area contributed by atoms with E-state index in [-0.39, 0.29) is 11.9 Å². The molecule has 142 valence electrons. The smallest absolute Gasteiger partial charge is 0.277 e. The van der Waals surface area contributed by atoms with Crippen LogP contribution in [-0.4, -0.2) is 28.5 Å². The van der Waals surface area contributed by atoms with Crippen LogP contribution < -0.4 is 10.2 Å². The number of hydrogen-bond donors (Lipinski definition) is 1. The Morgan fingerprint density at radius 3 is 2.68 bits per heavy atom. The van der Waals surface area contributed by atoms with Crippen LogP contribution >= 0.6 is 0 Å². The van der Waals surface area contributed by atoms with Gasteiger partial charge in [-0.1, -0.05) is 48.5 Å². The number of aromatic nitrogens is 2. The van der Waals surface area contributed by atoms with E-state index < -0.39 is 0 Å². The lowest BCUT2D eigenvalue weighted by Gasteiger charge is -2.22. The standard InChI is InChI=1S/C23H24N4O/c1-16-14-20(22(28)27-17(2)15-19-10-6-7-11-21(19)27)26-23(25-16)24-13-12-18-8-4-3-5-9-18/h3-11,14,17H,12-13,15H2,1-2H3,(H,24,25,26). The molecule has 3 aromatic rings. The molecular weight excluding hydrogens is 348 g/mol. The molecule has 0 aliphatic carbocycles. The van der Waals surface area contributed by atoms with Crippen molar-refractivity contribution < 1.29 is 4.79 Å². The molecule has 0 saturated carbocycles. The molecule has 0 radical (unpaired) electrons. The minimum atomic E-state index is -0.0749. The lowest BCUT2D eigenvalue weighted by atomic mass is 10.1. The van der Waals surface area contributed by atoms with Gasteiger partial charge in [-0.25, -0.2) is 9.97 Å². The lowest BCUT2D eigenvalue weighted by Crippen LogP contribution is -2.36. The highest BCUT2D eigenvalue weighted by molar-refractivity contribution is 6.06. The zero-order chi connectivity index (χ0) is 19.5. The first-order valence-electron chi connectivity index (χ1n) is 9.67. The van der Waals surface area contributed by atoms with Crippen molar-refractivity contribution in [2.75, 3.05) is 16.8 Å². The first-order chi connectivity index (χ1) is 13.6. The van der Waals surface area contributed by atoms with Gasteiger partial charge < -0.3 is 10.2 Å². The maximum atomic E-state index is 13.2. The van der Waals surface area contributed by atoms with Crippen molar-refractivity contribution in [3.05, 3.63) is 83.2 Å². The molecule has 2 aromatic carbocycles. The Morgan fingerprint density at radius 1 is 1.11 bits per heavy atom. The monoisotopic (exact) mass is 372 g/mol. The number of nitrogens with zero attached hydrogens (tertiary/aromatic N) is 3. The number of aryl methyl sites for hydroxylation is 1. The maximum absolute atomic E-state index is 13.2. The van der Waals surface area contributed by atoms with Crippen molar-refractivity contribution in [1.29, 1.82) is 0 Å². The fraction of sp³-hybridized carbons (Fsp3) is 0.261. The molecule has 5 heteroatoms. The van der Waals surface area contributed by atoms with Gasteiger partial charge in [-0.05, 0) is 49.9 Å². The van der Waals surface area contributed by atoms with E-state index >= 15 is 0 Å². The average Bonchev–Trinajstić information content (AvgIpc) is 3.03. The van der Waals surface area contributed by atoms with Gasteiger partial charge in [0.2, 0.25) is 5.95 Å². The highest BCUT2D eigenvalue weighted by Crippen LogP contribution is 2.32. The van der Waals surface area contributed by atoms with Gasteiger partial charge in [0.1, 0.15) is 5.69 Å². The number of carbonyl (C=O) groups excluding carboxylic acids is 1. The second kappa shape index (κ2) is 7.80. The number of rotatable bonds is 5. The summed E-state index contributed by atoms with van der Waals surface area (Å²) >= 11 is 0. The van der Waals surface area contributed by atoms with Crippen LogP contribution in [0.25, 0.3) is 0 Å². The molecule has 4 rings (SSSR count). The van der Waals surface area contributed by atoms with Crippen molar-refractivity contribution in [2.24, 2.45) is 0 Å². The topological polar surface area (TPSA) is 58.1 Å². The van der Waals surface area contributed by atoms with Crippen molar-refractivity contribution in [2.45, 2.75) is 32.7 Å². The first-order valence-corrected chi connectivity index (χ1v) is 9.67. The molecule has 0 spiro atoms. The summed E-state index contributed by atoms with van der Waals surface area (Å²) < 4.78 is 0. The second-order valence-corrected chi connectivity index (χ2v) is 7.24. The minimum absolute atomic E-state index is 0.0749. The third-order valence-corrected chi connectivity index (χ3v) is 5.04. The summed E-state index contributed by atoms with van der Waals surface area (Å²) in [5.41, 5.74) is 4.64. The number of anilines is 2. The third-order valence-electron chi connectivity index (χ3n) is 5.04. The normalized spacial score (nSPS) is 15.4. The number of carbonyl (C=O) groups is 1. The molecule has 5 nitrogen and oxygen atoms in total. The number of fused-ring (bicyclic) bond motifs is 1. The van der Waals surface area contributed by atoms with Crippen LogP contribution in [0, 0.1) is 6.92 Å². The Morgan fingerprint density at radius 2 is 1.86 bits per heavy atom. The summed E-state index contributed by atoms with van der Waals surface area (Å²) in [6.45, 7) is 4.68. The maximum Gasteiger partial charge on any atom is 0.277 e. The Kier molecular flexibility index (Phi) is 5.06. The summed E-state index contributed by atoms with van der Waals surface area (Å²) in [6, 6.07) is 20.2. The average molecular weight is 372 g/mol. The van der Waals surface area contributed by atoms with Gasteiger partial charge in [0.25, 0.3) is 5.91 Å². The number of nitrogens with one attached hydrogen (secondary N) is 1. The summed E-state index contributed by atoms with van der Waals surface area (Å²) in [7, 11) is 0. The number of benzene rings is 2. The van der Waals surface area contributed by atoms with E-state index in [9.17, 15) is 4.79 Å². The van der Waals surface area contributed by atoms with Gasteiger partial charge >= 0.3 is 0 Å². The van der Waals surface area contributed by atoms with Crippen LogP contribution in [0.15, 0.2) is 60.7 Å². The largest absolute Gasteiger partial charge is 0.354 e. The Labute approximate surface area is 165 Å². The van der Waals surface area contributed by atoms with Gasteiger partial charge in [-0.2, -0.15) is 0 Å². The predicted molar refractivity (Wildman–Crippen MR) is 112 cm³/mol. The SMILES string of the molecule is Cc1cc(C(=O)N2c3ccccc3CC2C)nc(NCCc2ccccc2)n1. The van der Waals surface area contributed by atoms with E-state index in [1.54, 1.807) is 6.07 Å². The molecule has 1 unspecified atom stereocenters. The van der Waals surface area contributed by atoms with Crippen LogP contribution in [-0.2, 0) is 12.8 Å². The van der Waals surface area contributed by atoms with E-state index in [1.165, 1.54) is 11.1 Å². The van der Waals surface area contributed by atoms with Gasteiger partial charge in [0.15, 0.2) is 0 Å². The summed E-state index contributed by atoms with van der Waals surface area (Å²) in [4.78, 5) is 24.0. The van der Waals surface area contributed by atoms with Crippen LogP contribution in [0.1, 0.15) is 34.2 Å². The number of amides is 1. The van der Waals surface area contributed by atoms with Gasteiger partial charge in [0.05, 0.1) is 0 Å². The van der Waals surface area contributed by atoms with Gasteiger partial charge in [-0.3, -0.25) is 4.79 Å². The van der Waals surface area contributed by atoms with Crippen molar-refractivity contribution in [3.8, 4) is 0 Å². The molecule has 1 aromatic heterocycles. The number of para-hydroxylation sites is 1. The summed E-state index contributed by atoms with van der Waals surface area (Å²) in [5.74, 6) is 0.425. The molecule has 0 fully saturated rings. The van der Waals surface area contributed by atoms with Gasteiger partial charge in [0, 0.05) is 24.0 Å². The van der Waals surface area contributed by atoms with Crippen molar-refractivity contribution in [1.82, 2.24) is 9.97 Å². The lowest BCUT2D eigenvalue weighted by molar-refractivity contribution is 0.0976.